The van der Waals surface area contributed by atoms with Crippen LogP contribution >= 0.6 is 0 Å². The Kier molecular flexibility index (Phi) is 5.38. The number of aryl methyl sites for hydroxylation is 1. The smallest absolute Gasteiger partial charge is 0.220 e. The number of ether oxygens (including phenoxy) is 1. The molecule has 0 bridgehead atoms. The molecule has 28 heavy (non-hydrogen) atoms. The Bertz CT molecular complexity index is 845. The topological polar surface area (TPSA) is 70.6 Å². The lowest BCUT2D eigenvalue weighted by Gasteiger charge is -2.38. The van der Waals surface area contributed by atoms with Gasteiger partial charge in [-0.25, -0.2) is 0 Å². The van der Waals surface area contributed by atoms with Crippen LogP contribution in [-0.2, 0) is 16.6 Å². The van der Waals surface area contributed by atoms with Crippen LogP contribution in [0.5, 0.6) is 5.75 Å². The SMILES string of the molecule is COc1cccc(CCC(=O)N[C@@H]2c3ccccc3C3(CCNCC3)[C@H]2O)c1. The van der Waals surface area contributed by atoms with Crippen LogP contribution in [0.3, 0.4) is 0 Å². The minimum Gasteiger partial charge on any atom is -0.497 e. The molecule has 1 amide bonds. The molecule has 1 aliphatic carbocycles. The largest absolute Gasteiger partial charge is 0.497 e. The van der Waals surface area contributed by atoms with E-state index in [-0.39, 0.29) is 17.4 Å². The van der Waals surface area contributed by atoms with Crippen LogP contribution in [0, 0.1) is 0 Å². The molecule has 1 saturated heterocycles. The van der Waals surface area contributed by atoms with Crippen molar-refractivity contribution in [3.8, 4) is 5.75 Å². The fraction of sp³-hybridized carbons (Fsp3) is 0.435. The molecule has 2 aromatic carbocycles. The molecule has 1 spiro atoms. The Labute approximate surface area is 166 Å². The van der Waals surface area contributed by atoms with Gasteiger partial charge in [0.25, 0.3) is 0 Å². The average molecular weight is 380 g/mol. The summed E-state index contributed by atoms with van der Waals surface area (Å²) in [6, 6.07) is 15.6. The number of nitrogens with one attached hydrogen (secondary N) is 2. The van der Waals surface area contributed by atoms with Crippen LogP contribution < -0.4 is 15.4 Å². The summed E-state index contributed by atoms with van der Waals surface area (Å²) in [6.45, 7) is 1.78. The quantitative estimate of drug-likeness (QED) is 0.745. The molecule has 5 heteroatoms. The van der Waals surface area contributed by atoms with Crippen molar-refractivity contribution < 1.29 is 14.6 Å². The highest BCUT2D eigenvalue weighted by atomic mass is 16.5. The van der Waals surface area contributed by atoms with E-state index in [2.05, 4.69) is 16.7 Å². The summed E-state index contributed by atoms with van der Waals surface area (Å²) in [5, 5.41) is 17.7. The summed E-state index contributed by atoms with van der Waals surface area (Å²) in [4.78, 5) is 12.7. The molecule has 0 aromatic heterocycles. The second kappa shape index (κ2) is 7.94. The van der Waals surface area contributed by atoms with Gasteiger partial charge >= 0.3 is 0 Å². The molecular weight excluding hydrogens is 352 g/mol. The molecule has 2 aromatic rings. The van der Waals surface area contributed by atoms with E-state index in [1.807, 2.05) is 42.5 Å². The lowest BCUT2D eigenvalue weighted by Crippen LogP contribution is -2.48. The normalized spacial score (nSPS) is 22.6. The number of piperidine rings is 1. The van der Waals surface area contributed by atoms with Crippen molar-refractivity contribution in [2.75, 3.05) is 20.2 Å². The van der Waals surface area contributed by atoms with Gasteiger partial charge in [0.2, 0.25) is 5.91 Å². The second-order valence-corrected chi connectivity index (χ2v) is 7.83. The van der Waals surface area contributed by atoms with Gasteiger partial charge < -0.3 is 20.5 Å². The predicted molar refractivity (Wildman–Crippen MR) is 108 cm³/mol. The number of methoxy groups -OCH3 is 1. The maximum absolute atomic E-state index is 12.7. The average Bonchev–Trinajstić information content (AvgIpc) is 2.96. The maximum Gasteiger partial charge on any atom is 0.220 e. The van der Waals surface area contributed by atoms with Crippen molar-refractivity contribution in [1.29, 1.82) is 0 Å². The highest BCUT2D eigenvalue weighted by molar-refractivity contribution is 5.77. The summed E-state index contributed by atoms with van der Waals surface area (Å²) in [5.74, 6) is 0.763. The molecule has 0 unspecified atom stereocenters. The fourth-order valence-corrected chi connectivity index (χ4v) is 4.80. The Hall–Kier alpha value is -2.37. The van der Waals surface area contributed by atoms with Gasteiger partial charge in [-0.05, 0) is 61.2 Å². The number of hydrogen-bond donors (Lipinski definition) is 3. The first-order valence-electron chi connectivity index (χ1n) is 10.0. The van der Waals surface area contributed by atoms with Crippen LogP contribution in [0.2, 0.25) is 0 Å². The number of benzene rings is 2. The molecule has 2 atom stereocenters. The number of carbonyl (C=O) groups excluding carboxylic acids is 1. The van der Waals surface area contributed by atoms with E-state index in [0.717, 1.165) is 42.8 Å². The van der Waals surface area contributed by atoms with Crippen molar-refractivity contribution in [2.45, 2.75) is 43.2 Å². The van der Waals surface area contributed by atoms with Crippen LogP contribution in [0.25, 0.3) is 0 Å². The summed E-state index contributed by atoms with van der Waals surface area (Å²) in [5.41, 5.74) is 3.07. The van der Waals surface area contributed by atoms with Crippen LogP contribution in [0.1, 0.15) is 42.0 Å². The zero-order valence-corrected chi connectivity index (χ0v) is 16.3. The third-order valence-corrected chi connectivity index (χ3v) is 6.30. The van der Waals surface area contributed by atoms with Gasteiger partial charge in [-0.15, -0.1) is 0 Å². The minimum absolute atomic E-state index is 0.0346. The molecular formula is C23H28N2O3. The third-order valence-electron chi connectivity index (χ3n) is 6.30. The molecule has 1 fully saturated rings. The Morgan fingerprint density at radius 2 is 2.00 bits per heavy atom. The van der Waals surface area contributed by atoms with Gasteiger partial charge in [0, 0.05) is 11.8 Å². The Morgan fingerprint density at radius 1 is 1.21 bits per heavy atom. The van der Waals surface area contributed by atoms with Crippen molar-refractivity contribution >= 4 is 5.91 Å². The van der Waals surface area contributed by atoms with E-state index in [0.29, 0.717) is 12.8 Å². The highest BCUT2D eigenvalue weighted by Gasteiger charge is 2.51. The van der Waals surface area contributed by atoms with Crippen molar-refractivity contribution in [1.82, 2.24) is 10.6 Å². The molecule has 0 saturated carbocycles. The molecule has 3 N–H and O–H groups in total. The van der Waals surface area contributed by atoms with Crippen molar-refractivity contribution in [3.63, 3.8) is 0 Å². The van der Waals surface area contributed by atoms with Gasteiger partial charge in [0.1, 0.15) is 5.75 Å². The van der Waals surface area contributed by atoms with Crippen LogP contribution in [-0.4, -0.2) is 37.3 Å². The monoisotopic (exact) mass is 380 g/mol. The summed E-state index contributed by atoms with van der Waals surface area (Å²) >= 11 is 0. The Morgan fingerprint density at radius 3 is 2.79 bits per heavy atom. The molecule has 4 rings (SSSR count). The number of aliphatic hydroxyl groups is 1. The first kappa shape index (κ1) is 19.0. The van der Waals surface area contributed by atoms with Crippen LogP contribution in [0.15, 0.2) is 48.5 Å². The highest BCUT2D eigenvalue weighted by Crippen LogP contribution is 2.49. The van der Waals surface area contributed by atoms with Gasteiger partial charge in [-0.2, -0.15) is 0 Å². The van der Waals surface area contributed by atoms with E-state index < -0.39 is 6.10 Å². The maximum atomic E-state index is 12.7. The van der Waals surface area contributed by atoms with Crippen molar-refractivity contribution in [3.05, 3.63) is 65.2 Å². The second-order valence-electron chi connectivity index (χ2n) is 7.83. The van der Waals surface area contributed by atoms with E-state index >= 15 is 0 Å². The van der Waals surface area contributed by atoms with Crippen molar-refractivity contribution in [2.24, 2.45) is 0 Å². The predicted octanol–water partition coefficient (Wildman–Crippen LogP) is 2.48. The molecule has 5 nitrogen and oxygen atoms in total. The van der Waals surface area contributed by atoms with Gasteiger partial charge in [-0.3, -0.25) is 4.79 Å². The number of fused-ring (bicyclic) bond motifs is 2. The number of amides is 1. The Balaban J connectivity index is 1.47. The lowest BCUT2D eigenvalue weighted by molar-refractivity contribution is -0.123. The first-order valence-corrected chi connectivity index (χ1v) is 10.0. The summed E-state index contributed by atoms with van der Waals surface area (Å²) in [6.07, 6.45) is 2.21. The zero-order chi connectivity index (χ0) is 19.6. The van der Waals surface area contributed by atoms with Gasteiger partial charge in [0.15, 0.2) is 0 Å². The number of hydrogen-bond acceptors (Lipinski definition) is 4. The van der Waals surface area contributed by atoms with E-state index in [1.54, 1.807) is 7.11 Å². The summed E-state index contributed by atoms with van der Waals surface area (Å²) < 4.78 is 5.25. The van der Waals surface area contributed by atoms with E-state index in [1.165, 1.54) is 5.56 Å². The number of carbonyl (C=O) groups is 1. The zero-order valence-electron chi connectivity index (χ0n) is 16.3. The standard InChI is InChI=1S/C23H28N2O3/c1-28-17-6-4-5-16(15-17)9-10-20(26)25-21-18-7-2-3-8-19(18)23(22(21)27)11-13-24-14-12-23/h2-8,15,21-22,24,27H,9-14H2,1H3,(H,25,26)/t21-,22+/m1/s1. The lowest BCUT2D eigenvalue weighted by atomic mass is 9.72. The molecule has 0 radical (unpaired) electrons. The van der Waals surface area contributed by atoms with E-state index in [4.69, 9.17) is 4.74 Å². The first-order chi connectivity index (χ1) is 13.6. The molecule has 1 heterocycles. The van der Waals surface area contributed by atoms with Gasteiger partial charge in [0.05, 0.1) is 19.3 Å². The third kappa shape index (κ3) is 3.40. The molecule has 148 valence electrons. The molecule has 1 aliphatic heterocycles. The minimum atomic E-state index is -0.590. The molecule has 2 aliphatic rings. The number of rotatable bonds is 5. The number of aliphatic hydroxyl groups excluding tert-OH is 1. The van der Waals surface area contributed by atoms with E-state index in [9.17, 15) is 9.90 Å². The summed E-state index contributed by atoms with van der Waals surface area (Å²) in [7, 11) is 1.64. The van der Waals surface area contributed by atoms with Gasteiger partial charge in [-0.1, -0.05) is 36.4 Å². The fourth-order valence-electron chi connectivity index (χ4n) is 4.80. The van der Waals surface area contributed by atoms with Crippen LogP contribution in [0.4, 0.5) is 0 Å².